The fraction of sp³-hybridized carbons (Fsp3) is 0.0667. The van der Waals surface area contributed by atoms with Crippen LogP contribution in [0.2, 0.25) is 0 Å². The van der Waals surface area contributed by atoms with Crippen LogP contribution in [0.15, 0.2) is 54.6 Å². The van der Waals surface area contributed by atoms with Crippen LogP contribution in [0.5, 0.6) is 5.75 Å². The predicted octanol–water partition coefficient (Wildman–Crippen LogP) is 2.76. The fourth-order valence-corrected chi connectivity index (χ4v) is 2.17. The van der Waals surface area contributed by atoms with E-state index in [-0.39, 0.29) is 5.97 Å². The van der Waals surface area contributed by atoms with E-state index in [0.29, 0.717) is 17.0 Å². The molecule has 0 radical (unpaired) electrons. The molecule has 3 nitrogen and oxygen atoms in total. The molecule has 0 saturated carbocycles. The molecular formula is C15H11NO2. The standard InChI is InChI=1S/C15H11NO2/c16-14-11-8-4-5-9-12(11)18-15(17)13(14)10-6-2-1-3-7-10/h1-9,13,16H. The molecule has 1 atom stereocenters. The predicted molar refractivity (Wildman–Crippen MR) is 68.1 cm³/mol. The molecule has 0 amide bonds. The Morgan fingerprint density at radius 2 is 1.61 bits per heavy atom. The maximum atomic E-state index is 12.0. The van der Waals surface area contributed by atoms with Crippen molar-refractivity contribution < 1.29 is 9.53 Å². The third kappa shape index (κ3) is 1.61. The SMILES string of the molecule is N=C1c2ccccc2OC(=O)C1c1ccccc1. The van der Waals surface area contributed by atoms with Crippen LogP contribution in [0.25, 0.3) is 0 Å². The molecule has 3 heteroatoms. The Morgan fingerprint density at radius 3 is 2.39 bits per heavy atom. The number of carbonyl (C=O) groups is 1. The third-order valence-corrected chi connectivity index (χ3v) is 3.05. The number of benzene rings is 2. The van der Waals surface area contributed by atoms with Crippen LogP contribution in [-0.4, -0.2) is 11.7 Å². The van der Waals surface area contributed by atoms with Crippen molar-refractivity contribution in [2.45, 2.75) is 5.92 Å². The van der Waals surface area contributed by atoms with E-state index >= 15 is 0 Å². The van der Waals surface area contributed by atoms with Gasteiger partial charge < -0.3 is 10.1 Å². The number of fused-ring (bicyclic) bond motifs is 1. The number of ether oxygens (including phenoxy) is 1. The number of carbonyl (C=O) groups excluding carboxylic acids is 1. The monoisotopic (exact) mass is 237 g/mol. The molecule has 3 rings (SSSR count). The fourth-order valence-electron chi connectivity index (χ4n) is 2.17. The zero-order chi connectivity index (χ0) is 12.5. The van der Waals surface area contributed by atoms with Gasteiger partial charge in [0, 0.05) is 5.56 Å². The molecule has 1 unspecified atom stereocenters. The molecule has 0 spiro atoms. The summed E-state index contributed by atoms with van der Waals surface area (Å²) < 4.78 is 5.29. The first kappa shape index (κ1) is 10.7. The first-order valence-electron chi connectivity index (χ1n) is 5.72. The Labute approximate surface area is 105 Å². The van der Waals surface area contributed by atoms with Crippen LogP contribution in [0.4, 0.5) is 0 Å². The Kier molecular flexibility index (Phi) is 2.45. The van der Waals surface area contributed by atoms with Crippen LogP contribution >= 0.6 is 0 Å². The van der Waals surface area contributed by atoms with Crippen molar-refractivity contribution >= 4 is 11.7 Å². The minimum absolute atomic E-state index is 0.299. The number of para-hydroxylation sites is 1. The van der Waals surface area contributed by atoms with Gasteiger partial charge in [-0.05, 0) is 17.7 Å². The summed E-state index contributed by atoms with van der Waals surface area (Å²) in [7, 11) is 0. The average Bonchev–Trinajstić information content (AvgIpc) is 2.40. The smallest absolute Gasteiger partial charge is 0.324 e. The maximum Gasteiger partial charge on any atom is 0.324 e. The summed E-state index contributed by atoms with van der Waals surface area (Å²) in [6, 6.07) is 16.4. The minimum Gasteiger partial charge on any atom is -0.425 e. The van der Waals surface area contributed by atoms with Crippen molar-refractivity contribution in [3.05, 3.63) is 65.7 Å². The van der Waals surface area contributed by atoms with Crippen molar-refractivity contribution in [1.29, 1.82) is 5.41 Å². The lowest BCUT2D eigenvalue weighted by Crippen LogP contribution is -2.31. The van der Waals surface area contributed by atoms with Gasteiger partial charge in [0.2, 0.25) is 0 Å². The van der Waals surface area contributed by atoms with Gasteiger partial charge in [0.15, 0.2) is 0 Å². The number of hydrogen-bond acceptors (Lipinski definition) is 3. The van der Waals surface area contributed by atoms with Gasteiger partial charge >= 0.3 is 5.97 Å². The Morgan fingerprint density at radius 1 is 0.944 bits per heavy atom. The molecule has 1 N–H and O–H groups in total. The molecule has 1 heterocycles. The number of esters is 1. The lowest BCUT2D eigenvalue weighted by atomic mass is 9.88. The molecule has 0 bridgehead atoms. The summed E-state index contributed by atoms with van der Waals surface area (Å²) in [4.78, 5) is 12.0. The second kappa shape index (κ2) is 4.11. The quantitative estimate of drug-likeness (QED) is 0.612. The average molecular weight is 237 g/mol. The van der Waals surface area contributed by atoms with E-state index in [4.69, 9.17) is 10.1 Å². The Hall–Kier alpha value is -2.42. The van der Waals surface area contributed by atoms with Crippen LogP contribution < -0.4 is 4.74 Å². The van der Waals surface area contributed by atoms with E-state index < -0.39 is 5.92 Å². The van der Waals surface area contributed by atoms with Gasteiger partial charge in [-0.3, -0.25) is 4.79 Å². The minimum atomic E-state index is -0.624. The van der Waals surface area contributed by atoms with Gasteiger partial charge in [0.1, 0.15) is 11.7 Å². The number of nitrogens with one attached hydrogen (secondary N) is 1. The number of hydrogen-bond donors (Lipinski definition) is 1. The van der Waals surface area contributed by atoms with Crippen molar-refractivity contribution in [3.63, 3.8) is 0 Å². The first-order chi connectivity index (χ1) is 8.77. The molecular weight excluding hydrogens is 226 g/mol. The van der Waals surface area contributed by atoms with E-state index in [1.165, 1.54) is 0 Å². The first-order valence-corrected chi connectivity index (χ1v) is 5.72. The van der Waals surface area contributed by atoms with Gasteiger partial charge in [-0.25, -0.2) is 0 Å². The van der Waals surface area contributed by atoms with E-state index in [1.54, 1.807) is 18.2 Å². The van der Waals surface area contributed by atoms with Crippen molar-refractivity contribution in [3.8, 4) is 5.75 Å². The van der Waals surface area contributed by atoms with E-state index in [2.05, 4.69) is 0 Å². The van der Waals surface area contributed by atoms with Crippen LogP contribution in [0.3, 0.4) is 0 Å². The Bertz CT molecular complexity index is 619. The Balaban J connectivity index is 2.09. The molecule has 0 fully saturated rings. The second-order valence-corrected chi connectivity index (χ2v) is 4.17. The van der Waals surface area contributed by atoms with Crippen LogP contribution in [0.1, 0.15) is 17.0 Å². The van der Waals surface area contributed by atoms with Crippen LogP contribution in [0, 0.1) is 5.41 Å². The lowest BCUT2D eigenvalue weighted by Gasteiger charge is -2.24. The van der Waals surface area contributed by atoms with Gasteiger partial charge in [-0.15, -0.1) is 0 Å². The highest BCUT2D eigenvalue weighted by molar-refractivity contribution is 6.18. The molecule has 0 aromatic heterocycles. The van der Waals surface area contributed by atoms with E-state index in [1.807, 2.05) is 36.4 Å². The molecule has 88 valence electrons. The van der Waals surface area contributed by atoms with Crippen molar-refractivity contribution in [2.24, 2.45) is 0 Å². The molecule has 1 aliphatic rings. The summed E-state index contributed by atoms with van der Waals surface area (Å²) in [5, 5.41) is 8.19. The number of rotatable bonds is 1. The van der Waals surface area contributed by atoms with Gasteiger partial charge in [0.25, 0.3) is 0 Å². The summed E-state index contributed by atoms with van der Waals surface area (Å²) in [6.45, 7) is 0. The maximum absolute atomic E-state index is 12.0. The van der Waals surface area contributed by atoms with Crippen molar-refractivity contribution in [1.82, 2.24) is 0 Å². The summed E-state index contributed by atoms with van der Waals surface area (Å²) in [5.41, 5.74) is 1.78. The van der Waals surface area contributed by atoms with Gasteiger partial charge in [0.05, 0.1) is 5.71 Å². The molecule has 0 aliphatic carbocycles. The largest absolute Gasteiger partial charge is 0.425 e. The lowest BCUT2D eigenvalue weighted by molar-refractivity contribution is -0.134. The molecule has 1 aliphatic heterocycles. The highest BCUT2D eigenvalue weighted by atomic mass is 16.5. The summed E-state index contributed by atoms with van der Waals surface area (Å²) in [5.74, 6) is -0.536. The topological polar surface area (TPSA) is 50.1 Å². The van der Waals surface area contributed by atoms with Gasteiger partial charge in [-0.1, -0.05) is 42.5 Å². The molecule has 2 aromatic rings. The van der Waals surface area contributed by atoms with Gasteiger partial charge in [-0.2, -0.15) is 0 Å². The summed E-state index contributed by atoms with van der Waals surface area (Å²) >= 11 is 0. The van der Waals surface area contributed by atoms with Crippen molar-refractivity contribution in [2.75, 3.05) is 0 Å². The zero-order valence-electron chi connectivity index (χ0n) is 9.59. The second-order valence-electron chi connectivity index (χ2n) is 4.17. The van der Waals surface area contributed by atoms with E-state index in [9.17, 15) is 4.79 Å². The zero-order valence-corrected chi connectivity index (χ0v) is 9.59. The molecule has 18 heavy (non-hydrogen) atoms. The molecule has 0 saturated heterocycles. The highest BCUT2D eigenvalue weighted by Crippen LogP contribution is 2.32. The van der Waals surface area contributed by atoms with E-state index in [0.717, 1.165) is 5.56 Å². The molecule has 2 aromatic carbocycles. The third-order valence-electron chi connectivity index (χ3n) is 3.05. The highest BCUT2D eigenvalue weighted by Gasteiger charge is 2.34. The summed E-state index contributed by atoms with van der Waals surface area (Å²) in [6.07, 6.45) is 0. The van der Waals surface area contributed by atoms with Crippen LogP contribution in [-0.2, 0) is 4.79 Å². The normalized spacial score (nSPS) is 18.1.